The first kappa shape index (κ1) is 97.4. The lowest BCUT2D eigenvalue weighted by atomic mass is 9.78. The first-order valence-electron chi connectivity index (χ1n) is 50.3. The van der Waals surface area contributed by atoms with Crippen LogP contribution >= 0.6 is 0 Å². The highest BCUT2D eigenvalue weighted by Gasteiger charge is 2.34. The molecule has 0 aliphatic carbocycles. The summed E-state index contributed by atoms with van der Waals surface area (Å²) in [5.74, 6) is 0. The number of fused-ring (bicyclic) bond motifs is 16. The molecule has 0 saturated carbocycles. The van der Waals surface area contributed by atoms with E-state index in [0.29, 0.717) is 0 Å². The first-order valence-corrected chi connectivity index (χ1v) is 50.3. The van der Waals surface area contributed by atoms with E-state index < -0.39 is 0 Å². The van der Waals surface area contributed by atoms with Crippen molar-refractivity contribution in [1.29, 1.82) is 0 Å². The van der Waals surface area contributed by atoms with Crippen molar-refractivity contribution in [3.05, 3.63) is 306 Å². The van der Waals surface area contributed by atoms with Gasteiger partial charge in [0.2, 0.25) is 0 Å². The molecule has 4 N–H and O–H groups in total. The molecule has 16 bridgehead atoms. The fraction of sp³-hybridized carbons (Fsp3) is 0.369. The molecule has 7 aromatic carbocycles. The molecule has 0 amide bonds. The summed E-state index contributed by atoms with van der Waals surface area (Å²) in [5, 5.41) is 0. The lowest BCUT2D eigenvalue weighted by molar-refractivity contribution is 0.568. The average Bonchev–Trinajstić information content (AvgIpc) is 1.60. The van der Waals surface area contributed by atoms with Gasteiger partial charge in [-0.3, -0.25) is 0 Å². The van der Waals surface area contributed by atoms with Gasteiger partial charge in [-0.1, -0.05) is 383 Å². The summed E-state index contributed by atoms with van der Waals surface area (Å²) < 4.78 is 0. The van der Waals surface area contributed by atoms with Gasteiger partial charge in [-0.15, -0.1) is 0 Å². The predicted molar refractivity (Wildman–Crippen MR) is 598 cm³/mol. The highest BCUT2D eigenvalue weighted by molar-refractivity contribution is 6.04. The van der Waals surface area contributed by atoms with Crippen LogP contribution in [0.4, 0.5) is 0 Å². The molecule has 0 radical (unpaired) electrons. The van der Waals surface area contributed by atoms with Gasteiger partial charge >= 0.3 is 0 Å². The molecule has 17 rings (SSSR count). The minimum atomic E-state index is -0.191. The van der Waals surface area contributed by atoms with E-state index in [4.69, 9.17) is 19.9 Å². The van der Waals surface area contributed by atoms with E-state index in [-0.39, 0.29) is 65.0 Å². The topological polar surface area (TPSA) is 115 Å². The van der Waals surface area contributed by atoms with Gasteiger partial charge in [-0.2, -0.15) is 0 Å². The van der Waals surface area contributed by atoms with Crippen LogP contribution in [0.5, 0.6) is 0 Å². The van der Waals surface area contributed by atoms with Crippen molar-refractivity contribution in [2.24, 2.45) is 0 Å². The normalized spacial score (nSPS) is 13.9. The van der Waals surface area contributed by atoms with Gasteiger partial charge in [0.05, 0.1) is 45.6 Å². The Morgan fingerprint density at radius 3 is 0.688 bits per heavy atom. The van der Waals surface area contributed by atoms with Gasteiger partial charge in [-0.05, 0) is 273 Å². The van der Waals surface area contributed by atoms with E-state index in [0.717, 1.165) is 179 Å². The number of benzene rings is 7. The maximum Gasteiger partial charge on any atom is 0.0743 e. The number of aromatic amines is 4. The van der Waals surface area contributed by atoms with Crippen molar-refractivity contribution in [3.63, 3.8) is 0 Å². The van der Waals surface area contributed by atoms with Crippen LogP contribution in [0.25, 0.3) is 170 Å². The Balaban J connectivity index is 0.980. The Bertz CT molecular complexity index is 7420. The van der Waals surface area contributed by atoms with Gasteiger partial charge < -0.3 is 19.9 Å². The molecule has 710 valence electrons. The van der Waals surface area contributed by atoms with Gasteiger partial charge in [0.1, 0.15) is 0 Å². The van der Waals surface area contributed by atoms with Gasteiger partial charge in [-0.25, -0.2) is 19.9 Å². The van der Waals surface area contributed by atoms with Crippen molar-refractivity contribution < 1.29 is 0 Å². The van der Waals surface area contributed by atoms with Crippen LogP contribution in [0.1, 0.15) is 367 Å². The van der Waals surface area contributed by atoms with E-state index in [1.54, 1.807) is 0 Å². The molecule has 10 heterocycles. The molecule has 0 fully saturated rings. The molecular formula is C130H150N8. The van der Waals surface area contributed by atoms with E-state index in [1.807, 2.05) is 0 Å². The quantitative estimate of drug-likeness (QED) is 0.121. The molecule has 13 aromatic rings. The Morgan fingerprint density at radius 2 is 0.406 bits per heavy atom. The van der Waals surface area contributed by atoms with Gasteiger partial charge in [0.25, 0.3) is 0 Å². The fourth-order valence-corrected chi connectivity index (χ4v) is 19.4. The first-order chi connectivity index (χ1) is 63.8. The zero-order chi connectivity index (χ0) is 99.9. The van der Waals surface area contributed by atoms with Crippen molar-refractivity contribution in [1.82, 2.24) is 39.9 Å². The second kappa shape index (κ2) is 33.8. The molecule has 4 aliphatic rings. The fourth-order valence-electron chi connectivity index (χ4n) is 19.4. The summed E-state index contributed by atoms with van der Waals surface area (Å²) in [6, 6.07) is 73.5. The van der Waals surface area contributed by atoms with Crippen LogP contribution in [0, 0.1) is 0 Å². The minimum Gasteiger partial charge on any atom is -0.355 e. The second-order valence-electron chi connectivity index (χ2n) is 52.4. The number of hydrogen-bond donors (Lipinski definition) is 4. The SMILES string of the molecule is CC(C)(C)c1cc(-c2c3nc(c(-c4cc(C(C)(C)C)cc(C(C)(C)C)c4)c4ccc([nH]4)c(-c4cc(C(C)(C)C)cc(C(C)(C)C)c4)c4nc(cc5ccc2[nH]5)C(c2ccc(-c5cc6[nH]c5cc5nc(c(-c7cc(C(C)(C)C)cc(C(C)(C)C)c7)c7ccc([nH]7)c(-c7cc(C(C)(C)C)cc(C(C)(C)C)c7)c7nc(c6-c6cc(C(C)(C)C)cc(C(C)(C)C)c6)C=C7)C=C5)cc2)=C4)C=C3)cc(C(C)(C)C)c1. The van der Waals surface area contributed by atoms with E-state index in [2.05, 4.69) is 500 Å². The van der Waals surface area contributed by atoms with Crippen LogP contribution in [0.3, 0.4) is 0 Å². The molecule has 8 heteroatoms. The smallest absolute Gasteiger partial charge is 0.0743 e. The molecular weight excluding hydrogens is 1670 g/mol. The van der Waals surface area contributed by atoms with E-state index >= 15 is 0 Å². The average molecular weight is 1820 g/mol. The lowest BCUT2D eigenvalue weighted by Crippen LogP contribution is -2.16. The van der Waals surface area contributed by atoms with Crippen LogP contribution in [-0.4, -0.2) is 39.9 Å². The van der Waals surface area contributed by atoms with Crippen molar-refractivity contribution in [2.75, 3.05) is 0 Å². The predicted octanol–water partition coefficient (Wildman–Crippen LogP) is 36.3. The minimum absolute atomic E-state index is 0.151. The van der Waals surface area contributed by atoms with Crippen LogP contribution in [0.15, 0.2) is 188 Å². The second-order valence-corrected chi connectivity index (χ2v) is 52.4. The summed E-state index contributed by atoms with van der Waals surface area (Å²) in [4.78, 5) is 40.6. The molecule has 0 spiro atoms. The summed E-state index contributed by atoms with van der Waals surface area (Å²) in [5.41, 5.74) is 44.5. The summed E-state index contributed by atoms with van der Waals surface area (Å²) >= 11 is 0. The Labute approximate surface area is 824 Å². The molecule has 0 saturated heterocycles. The molecule has 6 aromatic heterocycles. The monoisotopic (exact) mass is 1820 g/mol. The van der Waals surface area contributed by atoms with Crippen LogP contribution < -0.4 is 0 Å². The maximum absolute atomic E-state index is 6.06. The van der Waals surface area contributed by atoms with Gasteiger partial charge in [0.15, 0.2) is 0 Å². The third kappa shape index (κ3) is 19.7. The molecule has 138 heavy (non-hydrogen) atoms. The van der Waals surface area contributed by atoms with Gasteiger partial charge in [0, 0.05) is 88.7 Å². The summed E-state index contributed by atoms with van der Waals surface area (Å²) in [6.07, 6.45) is 15.8. The van der Waals surface area contributed by atoms with Crippen LogP contribution in [-0.2, 0) is 65.0 Å². The highest BCUT2D eigenvalue weighted by Crippen LogP contribution is 2.50. The third-order valence-corrected chi connectivity index (χ3v) is 28.6. The molecule has 8 nitrogen and oxygen atoms in total. The number of nitrogens with one attached hydrogen (secondary N) is 4. The Morgan fingerprint density at radius 1 is 0.174 bits per heavy atom. The molecule has 4 aliphatic heterocycles. The lowest BCUT2D eigenvalue weighted by Gasteiger charge is -2.26. The Hall–Kier alpha value is -12.3. The number of nitrogens with zero attached hydrogens (tertiary/aromatic N) is 4. The highest BCUT2D eigenvalue weighted by atomic mass is 14.8. The van der Waals surface area contributed by atoms with Crippen molar-refractivity contribution in [3.8, 4) is 77.9 Å². The van der Waals surface area contributed by atoms with E-state index in [1.165, 1.54) is 66.8 Å². The largest absolute Gasteiger partial charge is 0.355 e. The summed E-state index contributed by atoms with van der Waals surface area (Å²) in [7, 11) is 0. The summed E-state index contributed by atoms with van der Waals surface area (Å²) in [6.45, 7) is 83.9. The molecule has 0 unspecified atom stereocenters. The zero-order valence-corrected chi connectivity index (χ0v) is 89.7. The van der Waals surface area contributed by atoms with Crippen molar-refractivity contribution in [2.45, 2.75) is 314 Å². The van der Waals surface area contributed by atoms with E-state index in [9.17, 15) is 0 Å². The number of hydrogen-bond acceptors (Lipinski definition) is 4. The maximum atomic E-state index is 6.06. The van der Waals surface area contributed by atoms with Crippen molar-refractivity contribution >= 4 is 92.2 Å². The number of rotatable bonds is 8. The van der Waals surface area contributed by atoms with Crippen LogP contribution in [0.2, 0.25) is 0 Å². The number of aromatic nitrogens is 8. The molecule has 0 atom stereocenters. The third-order valence-electron chi connectivity index (χ3n) is 28.6. The Kier molecular flexibility index (Phi) is 23.8. The zero-order valence-electron chi connectivity index (χ0n) is 89.7. The standard InChI is InChI=1S/C130H150N8/c1-119(2,3)83-53-77(54-84(65-83)120(4,5)6)113-99-43-41-95(131-99)71-109-97(73-111(137-109)117(81-61-91(127(25,26)27)69-92(62-81)128(28,29)30)107-51-49-105(135-107)115(103-47-45-101(113)133-103)79-57-87(123(13,14)15)67-88(58-79)124(16,17)18)75-37-39-76(40-38-75)98-74-112-118(82-63-93(129(31,32)33)70-94(64-82)130(34,35)36)108-52-50-106(136-108)116(80-59-89(125(19,20)21)68-90(60-80)126(22,23)24)104-48-46-102(134-104)114(100-44-42-96(132-100)72-110(98)138-112)78-55-85(121(7,8)9)66-86(56-78)122(10,11)12/h37-74,131,134-135,138H,1-36H3. The number of H-pyrrole nitrogens is 4.